The molecule has 1 heterocycles. The lowest BCUT2D eigenvalue weighted by molar-refractivity contribution is -0.123. The van der Waals surface area contributed by atoms with Crippen LogP contribution in [0, 0.1) is 5.41 Å². The molecule has 0 bridgehead atoms. The van der Waals surface area contributed by atoms with Crippen LogP contribution in [0.15, 0.2) is 28.8 Å². The molecular weight excluding hydrogens is 316 g/mol. The highest BCUT2D eigenvalue weighted by Gasteiger charge is 2.16. The van der Waals surface area contributed by atoms with Crippen LogP contribution in [0.2, 0.25) is 0 Å². The summed E-state index contributed by atoms with van der Waals surface area (Å²) in [5.41, 5.74) is 7.42. The third-order valence-electron chi connectivity index (χ3n) is 3.04. The summed E-state index contributed by atoms with van der Waals surface area (Å²) in [5, 5.41) is 6.71. The number of nitrogens with one attached hydrogen (secondary N) is 1. The molecule has 6 nitrogen and oxygen atoms in total. The molecule has 0 aliphatic carbocycles. The number of hydrogen-bond acceptors (Lipinski definition) is 5. The lowest BCUT2D eigenvalue weighted by atomic mass is 9.92. The van der Waals surface area contributed by atoms with Gasteiger partial charge in [0.25, 0.3) is 0 Å². The number of nitrogens with zero attached hydrogens (tertiary/aromatic N) is 2. The second-order valence-electron chi connectivity index (χ2n) is 6.43. The van der Waals surface area contributed by atoms with Gasteiger partial charge in [0.1, 0.15) is 0 Å². The molecule has 1 amide bonds. The molecule has 0 unspecified atom stereocenters. The fourth-order valence-electron chi connectivity index (χ4n) is 1.95. The Balaban J connectivity index is 0.00000264. The first-order chi connectivity index (χ1) is 10.4. The Morgan fingerprint density at radius 1 is 1.26 bits per heavy atom. The van der Waals surface area contributed by atoms with E-state index >= 15 is 0 Å². The SMILES string of the molecule is CC(C)(C)CC(=O)NCc1nc(-c2ccc(CN)cc2)no1.Cl. The number of rotatable bonds is 5. The van der Waals surface area contributed by atoms with Crippen LogP contribution < -0.4 is 11.1 Å². The fourth-order valence-corrected chi connectivity index (χ4v) is 1.95. The summed E-state index contributed by atoms with van der Waals surface area (Å²) >= 11 is 0. The molecular formula is C16H23ClN4O2. The van der Waals surface area contributed by atoms with Crippen molar-refractivity contribution in [2.75, 3.05) is 0 Å². The number of halogens is 1. The summed E-state index contributed by atoms with van der Waals surface area (Å²) in [6.07, 6.45) is 0.453. The van der Waals surface area contributed by atoms with Crippen molar-refractivity contribution >= 4 is 18.3 Å². The Labute approximate surface area is 142 Å². The van der Waals surface area contributed by atoms with Gasteiger partial charge in [0.05, 0.1) is 6.54 Å². The zero-order valence-corrected chi connectivity index (χ0v) is 14.4. The third kappa shape index (κ3) is 6.00. The normalized spacial score (nSPS) is 11.0. The first-order valence-electron chi connectivity index (χ1n) is 7.26. The van der Waals surface area contributed by atoms with E-state index in [1.807, 2.05) is 45.0 Å². The predicted molar refractivity (Wildman–Crippen MR) is 90.8 cm³/mol. The summed E-state index contributed by atoms with van der Waals surface area (Å²) in [4.78, 5) is 16.0. The molecule has 1 aromatic carbocycles. The molecule has 3 N–H and O–H groups in total. The first-order valence-corrected chi connectivity index (χ1v) is 7.26. The van der Waals surface area contributed by atoms with Gasteiger partial charge in [-0.1, -0.05) is 50.2 Å². The van der Waals surface area contributed by atoms with E-state index < -0.39 is 0 Å². The van der Waals surface area contributed by atoms with Crippen molar-refractivity contribution < 1.29 is 9.32 Å². The second-order valence-corrected chi connectivity index (χ2v) is 6.43. The van der Waals surface area contributed by atoms with Crippen LogP contribution in [0.5, 0.6) is 0 Å². The highest BCUT2D eigenvalue weighted by molar-refractivity contribution is 5.85. The van der Waals surface area contributed by atoms with E-state index in [9.17, 15) is 4.79 Å². The molecule has 0 aliphatic heterocycles. The average molecular weight is 339 g/mol. The van der Waals surface area contributed by atoms with Crippen molar-refractivity contribution in [1.29, 1.82) is 0 Å². The maximum Gasteiger partial charge on any atom is 0.246 e. The van der Waals surface area contributed by atoms with Crippen molar-refractivity contribution in [2.45, 2.75) is 40.3 Å². The van der Waals surface area contributed by atoms with Gasteiger partial charge < -0.3 is 15.6 Å². The Kier molecular flexibility index (Phi) is 6.72. The van der Waals surface area contributed by atoms with E-state index in [4.69, 9.17) is 10.3 Å². The van der Waals surface area contributed by atoms with Crippen LogP contribution in [-0.4, -0.2) is 16.0 Å². The number of hydrogen-bond donors (Lipinski definition) is 2. The topological polar surface area (TPSA) is 94.0 Å². The maximum absolute atomic E-state index is 11.8. The number of carbonyl (C=O) groups is 1. The highest BCUT2D eigenvalue weighted by Crippen LogP contribution is 2.18. The van der Waals surface area contributed by atoms with E-state index in [-0.39, 0.29) is 30.3 Å². The molecule has 2 aromatic rings. The lowest BCUT2D eigenvalue weighted by Gasteiger charge is -2.16. The van der Waals surface area contributed by atoms with Gasteiger partial charge in [-0.2, -0.15) is 4.98 Å². The third-order valence-corrected chi connectivity index (χ3v) is 3.04. The Hall–Kier alpha value is -1.92. The number of carbonyl (C=O) groups excluding carboxylic acids is 1. The monoisotopic (exact) mass is 338 g/mol. The largest absolute Gasteiger partial charge is 0.347 e. The zero-order chi connectivity index (χ0) is 16.2. The van der Waals surface area contributed by atoms with Crippen molar-refractivity contribution in [3.63, 3.8) is 0 Å². The van der Waals surface area contributed by atoms with Crippen LogP contribution in [0.3, 0.4) is 0 Å². The van der Waals surface area contributed by atoms with Crippen molar-refractivity contribution in [3.8, 4) is 11.4 Å². The minimum atomic E-state index is -0.0468. The molecule has 7 heteroatoms. The standard InChI is InChI=1S/C16H22N4O2.ClH/c1-16(2,3)8-13(21)18-10-14-19-15(20-22-14)12-6-4-11(9-17)5-7-12;/h4-7H,8-10,17H2,1-3H3,(H,18,21);1H. The van der Waals surface area contributed by atoms with Gasteiger partial charge in [0, 0.05) is 18.5 Å². The molecule has 126 valence electrons. The Bertz CT molecular complexity index is 632. The van der Waals surface area contributed by atoms with E-state index in [0.29, 0.717) is 24.7 Å². The predicted octanol–water partition coefficient (Wildman–Crippen LogP) is 2.67. The van der Waals surface area contributed by atoms with Gasteiger partial charge in [-0.05, 0) is 11.0 Å². The van der Waals surface area contributed by atoms with Gasteiger partial charge in [0.2, 0.25) is 17.6 Å². The lowest BCUT2D eigenvalue weighted by Crippen LogP contribution is -2.27. The Morgan fingerprint density at radius 2 is 1.91 bits per heavy atom. The van der Waals surface area contributed by atoms with Crippen molar-refractivity contribution in [3.05, 3.63) is 35.7 Å². The average Bonchev–Trinajstić information content (AvgIpc) is 2.92. The van der Waals surface area contributed by atoms with Gasteiger partial charge in [-0.3, -0.25) is 4.79 Å². The first kappa shape index (κ1) is 19.1. The fraction of sp³-hybridized carbons (Fsp3) is 0.438. The molecule has 0 saturated heterocycles. The summed E-state index contributed by atoms with van der Waals surface area (Å²) in [5.74, 6) is 0.864. The molecule has 2 rings (SSSR count). The van der Waals surface area contributed by atoms with Gasteiger partial charge in [-0.25, -0.2) is 0 Å². The van der Waals surface area contributed by atoms with E-state index in [1.165, 1.54) is 0 Å². The van der Waals surface area contributed by atoms with Gasteiger partial charge in [0.15, 0.2) is 0 Å². The molecule has 0 spiro atoms. The second kappa shape index (κ2) is 8.08. The van der Waals surface area contributed by atoms with Crippen LogP contribution in [0.25, 0.3) is 11.4 Å². The van der Waals surface area contributed by atoms with Gasteiger partial charge >= 0.3 is 0 Å². The van der Waals surface area contributed by atoms with Crippen LogP contribution in [0.1, 0.15) is 38.6 Å². The minimum Gasteiger partial charge on any atom is -0.347 e. The van der Waals surface area contributed by atoms with Gasteiger partial charge in [-0.15, -0.1) is 12.4 Å². The Morgan fingerprint density at radius 3 is 2.48 bits per heavy atom. The van der Waals surface area contributed by atoms with E-state index in [0.717, 1.165) is 11.1 Å². The van der Waals surface area contributed by atoms with Crippen LogP contribution in [-0.2, 0) is 17.9 Å². The maximum atomic E-state index is 11.8. The summed E-state index contributed by atoms with van der Waals surface area (Å²) in [6, 6.07) is 7.65. The smallest absolute Gasteiger partial charge is 0.246 e. The molecule has 0 aliphatic rings. The minimum absolute atomic E-state index is 0. The molecule has 1 aromatic heterocycles. The number of nitrogens with two attached hydrogens (primary N) is 1. The number of amides is 1. The summed E-state index contributed by atoms with van der Waals surface area (Å²) < 4.78 is 5.16. The molecule has 0 saturated carbocycles. The number of aromatic nitrogens is 2. The zero-order valence-electron chi connectivity index (χ0n) is 13.6. The van der Waals surface area contributed by atoms with Crippen molar-refractivity contribution in [2.24, 2.45) is 11.1 Å². The molecule has 0 radical (unpaired) electrons. The quantitative estimate of drug-likeness (QED) is 0.874. The van der Waals surface area contributed by atoms with Crippen molar-refractivity contribution in [1.82, 2.24) is 15.5 Å². The summed E-state index contributed by atoms with van der Waals surface area (Å²) in [7, 11) is 0. The van der Waals surface area contributed by atoms with E-state index in [1.54, 1.807) is 0 Å². The molecule has 0 atom stereocenters. The van der Waals surface area contributed by atoms with Crippen LogP contribution >= 0.6 is 12.4 Å². The molecule has 23 heavy (non-hydrogen) atoms. The van der Waals surface area contributed by atoms with E-state index in [2.05, 4.69) is 15.5 Å². The highest BCUT2D eigenvalue weighted by atomic mass is 35.5. The summed E-state index contributed by atoms with van der Waals surface area (Å²) in [6.45, 7) is 6.79. The molecule has 0 fully saturated rings. The number of benzene rings is 1. The van der Waals surface area contributed by atoms with Crippen LogP contribution in [0.4, 0.5) is 0 Å².